The first-order valence-electron chi connectivity index (χ1n) is 20.8. The average molecular weight is 764 g/mol. The lowest BCUT2D eigenvalue weighted by Gasteiger charge is -2.47. The highest BCUT2D eigenvalue weighted by Gasteiger charge is 2.43. The second kappa shape index (κ2) is 13.1. The standard InChI is InChI=1S/C54H45N5/c1-34-33-53(2,3)44-27-17-26-39(47(44)54(34,4)5)37-22-16-23-38(32-37)58-45-28-14-12-24-40(45)42-30-31-43-41-25-13-15-29-46(41)59(49(43)48(42)58)52-56-50(35-18-8-6-9-19-35)55-51(57-52)36-20-10-7-11-21-36/h6-32,34H,33H2,1-5H3. The smallest absolute Gasteiger partial charge is 0.238 e. The van der Waals surface area contributed by atoms with Gasteiger partial charge in [-0.05, 0) is 69.7 Å². The molecule has 0 amide bonds. The van der Waals surface area contributed by atoms with E-state index in [1.165, 1.54) is 39.4 Å². The number of nitrogens with zero attached hydrogens (tertiary/aromatic N) is 5. The predicted octanol–water partition coefficient (Wildman–Crippen LogP) is 13.7. The molecule has 0 saturated carbocycles. The summed E-state index contributed by atoms with van der Waals surface area (Å²) in [6.45, 7) is 12.1. The summed E-state index contributed by atoms with van der Waals surface area (Å²) in [4.78, 5) is 15.6. The molecule has 1 unspecified atom stereocenters. The molecule has 0 N–H and O–H groups in total. The Kier molecular flexibility index (Phi) is 7.83. The van der Waals surface area contributed by atoms with Crippen molar-refractivity contribution in [2.45, 2.75) is 51.9 Å². The van der Waals surface area contributed by atoms with Gasteiger partial charge in [0, 0.05) is 38.4 Å². The van der Waals surface area contributed by atoms with Gasteiger partial charge in [0.2, 0.25) is 5.95 Å². The van der Waals surface area contributed by atoms with Crippen LogP contribution < -0.4 is 0 Å². The van der Waals surface area contributed by atoms with Crippen molar-refractivity contribution in [1.29, 1.82) is 0 Å². The number of para-hydroxylation sites is 2. The average Bonchev–Trinajstić information content (AvgIpc) is 3.79. The first-order chi connectivity index (χ1) is 28.7. The molecule has 1 atom stereocenters. The molecule has 5 heteroatoms. The van der Waals surface area contributed by atoms with Crippen LogP contribution in [-0.4, -0.2) is 24.1 Å². The van der Waals surface area contributed by atoms with Gasteiger partial charge >= 0.3 is 0 Å². The topological polar surface area (TPSA) is 48.5 Å². The number of hydrogen-bond donors (Lipinski definition) is 0. The molecule has 3 aromatic heterocycles. The summed E-state index contributed by atoms with van der Waals surface area (Å²) in [6.07, 6.45) is 1.17. The zero-order valence-electron chi connectivity index (χ0n) is 34.1. The Bertz CT molecular complexity index is 3200. The summed E-state index contributed by atoms with van der Waals surface area (Å²) in [6, 6.07) is 58.6. The molecule has 286 valence electrons. The van der Waals surface area contributed by atoms with Gasteiger partial charge in [0.1, 0.15) is 0 Å². The number of fused-ring (bicyclic) bond motifs is 8. The van der Waals surface area contributed by atoms with Gasteiger partial charge in [-0.25, -0.2) is 4.98 Å². The summed E-state index contributed by atoms with van der Waals surface area (Å²) < 4.78 is 4.74. The molecular weight excluding hydrogens is 719 g/mol. The Morgan fingerprint density at radius 2 is 1.02 bits per heavy atom. The van der Waals surface area contributed by atoms with E-state index in [4.69, 9.17) is 15.0 Å². The van der Waals surface area contributed by atoms with Crippen molar-refractivity contribution in [3.63, 3.8) is 0 Å². The van der Waals surface area contributed by atoms with Gasteiger partial charge in [0.05, 0.1) is 22.1 Å². The van der Waals surface area contributed by atoms with Gasteiger partial charge in [-0.1, -0.05) is 174 Å². The molecular formula is C54H45N5. The fraction of sp³-hybridized carbons (Fsp3) is 0.167. The molecule has 7 aromatic carbocycles. The largest absolute Gasteiger partial charge is 0.307 e. The van der Waals surface area contributed by atoms with E-state index < -0.39 is 0 Å². The lowest BCUT2D eigenvalue weighted by molar-refractivity contribution is 0.234. The van der Waals surface area contributed by atoms with Crippen LogP contribution in [0, 0.1) is 5.92 Å². The van der Waals surface area contributed by atoms with E-state index in [0.717, 1.165) is 49.7 Å². The highest BCUT2D eigenvalue weighted by atomic mass is 15.2. The molecule has 0 saturated heterocycles. The van der Waals surface area contributed by atoms with Crippen molar-refractivity contribution in [3.8, 4) is 45.5 Å². The Labute approximate surface area is 344 Å². The zero-order chi connectivity index (χ0) is 40.0. The molecule has 11 rings (SSSR count). The highest BCUT2D eigenvalue weighted by Crippen LogP contribution is 2.52. The van der Waals surface area contributed by atoms with E-state index in [0.29, 0.717) is 23.5 Å². The van der Waals surface area contributed by atoms with Crippen molar-refractivity contribution >= 4 is 43.6 Å². The van der Waals surface area contributed by atoms with Crippen LogP contribution in [0.4, 0.5) is 0 Å². The van der Waals surface area contributed by atoms with Crippen LogP contribution in [0.15, 0.2) is 164 Å². The molecule has 0 bridgehead atoms. The molecule has 1 aliphatic rings. The van der Waals surface area contributed by atoms with Gasteiger partial charge in [-0.15, -0.1) is 0 Å². The number of rotatable bonds is 5. The fourth-order valence-corrected chi connectivity index (χ4v) is 10.1. The molecule has 10 aromatic rings. The van der Waals surface area contributed by atoms with Crippen LogP contribution in [-0.2, 0) is 10.8 Å². The lowest BCUT2D eigenvalue weighted by atomic mass is 9.57. The van der Waals surface area contributed by atoms with Crippen molar-refractivity contribution in [2.24, 2.45) is 5.92 Å². The number of benzene rings is 7. The summed E-state index contributed by atoms with van der Waals surface area (Å²) in [5.41, 5.74) is 13.0. The van der Waals surface area contributed by atoms with E-state index in [2.05, 4.69) is 171 Å². The summed E-state index contributed by atoms with van der Waals surface area (Å²) >= 11 is 0. The number of aromatic nitrogens is 5. The summed E-state index contributed by atoms with van der Waals surface area (Å²) in [7, 11) is 0. The molecule has 59 heavy (non-hydrogen) atoms. The van der Waals surface area contributed by atoms with Crippen molar-refractivity contribution in [2.75, 3.05) is 0 Å². The normalized spacial score (nSPS) is 15.9. The predicted molar refractivity (Wildman–Crippen MR) is 245 cm³/mol. The van der Waals surface area contributed by atoms with Crippen molar-refractivity contribution in [3.05, 3.63) is 175 Å². The zero-order valence-corrected chi connectivity index (χ0v) is 34.1. The molecule has 3 heterocycles. The first-order valence-corrected chi connectivity index (χ1v) is 20.8. The van der Waals surface area contributed by atoms with Crippen molar-refractivity contribution in [1.82, 2.24) is 24.1 Å². The minimum absolute atomic E-state index is 0.0269. The third-order valence-corrected chi connectivity index (χ3v) is 13.3. The third kappa shape index (κ3) is 5.41. The Hall–Kier alpha value is -6.85. The van der Waals surface area contributed by atoms with E-state index in [-0.39, 0.29) is 10.8 Å². The van der Waals surface area contributed by atoms with Crippen LogP contribution in [0.25, 0.3) is 89.2 Å². The Balaban J connectivity index is 1.23. The van der Waals surface area contributed by atoms with Crippen LogP contribution in [0.3, 0.4) is 0 Å². The van der Waals surface area contributed by atoms with Crippen LogP contribution >= 0.6 is 0 Å². The second-order valence-electron chi connectivity index (χ2n) is 17.6. The maximum atomic E-state index is 5.29. The minimum atomic E-state index is 0.0269. The van der Waals surface area contributed by atoms with E-state index >= 15 is 0 Å². The maximum absolute atomic E-state index is 5.29. The highest BCUT2D eigenvalue weighted by molar-refractivity contribution is 6.23. The monoisotopic (exact) mass is 763 g/mol. The van der Waals surface area contributed by atoms with E-state index in [1.54, 1.807) is 0 Å². The Morgan fingerprint density at radius 3 is 1.64 bits per heavy atom. The molecule has 0 radical (unpaired) electrons. The first kappa shape index (κ1) is 35.3. The van der Waals surface area contributed by atoms with Crippen molar-refractivity contribution < 1.29 is 0 Å². The SMILES string of the molecule is CC1CC(C)(C)c2cccc(-c3cccc(-n4c5ccccc5c5ccc6c7ccccc7n(-c7nc(-c8ccccc8)nc(-c8ccccc8)n7)c6c54)c3)c2C1(C)C. The second-order valence-corrected chi connectivity index (χ2v) is 17.6. The Morgan fingerprint density at radius 1 is 0.492 bits per heavy atom. The minimum Gasteiger partial charge on any atom is -0.307 e. The third-order valence-electron chi connectivity index (χ3n) is 13.3. The van der Waals surface area contributed by atoms with Crippen LogP contribution in [0.5, 0.6) is 0 Å². The van der Waals surface area contributed by atoms with Crippen LogP contribution in [0.1, 0.15) is 52.2 Å². The maximum Gasteiger partial charge on any atom is 0.238 e. The molecule has 0 fully saturated rings. The van der Waals surface area contributed by atoms with Gasteiger partial charge in [-0.3, -0.25) is 4.57 Å². The van der Waals surface area contributed by atoms with Crippen LogP contribution in [0.2, 0.25) is 0 Å². The summed E-state index contributed by atoms with van der Waals surface area (Å²) in [5.74, 6) is 2.39. The van der Waals surface area contributed by atoms with Gasteiger partial charge in [0.25, 0.3) is 0 Å². The molecule has 0 aliphatic heterocycles. The number of hydrogen-bond acceptors (Lipinski definition) is 3. The molecule has 5 nitrogen and oxygen atoms in total. The summed E-state index contributed by atoms with van der Waals surface area (Å²) in [5, 5.41) is 4.67. The van der Waals surface area contributed by atoms with E-state index in [9.17, 15) is 0 Å². The molecule has 1 aliphatic carbocycles. The molecule has 0 spiro atoms. The lowest BCUT2D eigenvalue weighted by Crippen LogP contribution is -2.40. The van der Waals surface area contributed by atoms with Gasteiger partial charge in [0.15, 0.2) is 11.6 Å². The van der Waals surface area contributed by atoms with Gasteiger partial charge in [-0.2, -0.15) is 9.97 Å². The fourth-order valence-electron chi connectivity index (χ4n) is 10.1. The quantitative estimate of drug-likeness (QED) is 0.175. The van der Waals surface area contributed by atoms with Gasteiger partial charge < -0.3 is 4.57 Å². The van der Waals surface area contributed by atoms with E-state index in [1.807, 2.05) is 36.4 Å².